The van der Waals surface area contributed by atoms with Crippen LogP contribution in [0.5, 0.6) is 5.75 Å². The Hall–Kier alpha value is -2.95. The zero-order chi connectivity index (χ0) is 24.4. The number of aromatic nitrogens is 3. The van der Waals surface area contributed by atoms with Crippen molar-refractivity contribution >= 4 is 50.9 Å². The highest BCUT2D eigenvalue weighted by molar-refractivity contribution is 9.10. The SMILES string of the molecule is Cc1onc(C(=O)Nc2nn(Cc3ccc(Cl)c(Cl)c3)cc2Br)c1COc1ccc(F)cc1F. The van der Waals surface area contributed by atoms with Gasteiger partial charge in [-0.1, -0.05) is 34.4 Å². The van der Waals surface area contributed by atoms with Crippen molar-refractivity contribution in [1.29, 1.82) is 0 Å². The van der Waals surface area contributed by atoms with E-state index in [1.165, 1.54) is 0 Å². The number of hydrogen-bond acceptors (Lipinski definition) is 5. The molecule has 0 radical (unpaired) electrons. The molecule has 12 heteroatoms. The van der Waals surface area contributed by atoms with Crippen molar-refractivity contribution in [3.05, 3.63) is 91.3 Å². The first-order valence-electron chi connectivity index (χ1n) is 9.72. The molecule has 0 fully saturated rings. The second-order valence-electron chi connectivity index (χ2n) is 7.16. The van der Waals surface area contributed by atoms with E-state index in [2.05, 4.69) is 31.5 Å². The van der Waals surface area contributed by atoms with E-state index in [0.29, 0.717) is 38.5 Å². The van der Waals surface area contributed by atoms with E-state index in [-0.39, 0.29) is 23.9 Å². The standard InChI is InChI=1S/C22H15BrCl2F2N4O3/c1-11-14(10-33-19-5-3-13(26)7-18(19)27)20(30-34-11)22(32)28-21-15(23)9-31(29-21)8-12-2-4-16(24)17(25)6-12/h2-7,9H,8,10H2,1H3,(H,28,29,32). The van der Waals surface area contributed by atoms with Gasteiger partial charge in [0.25, 0.3) is 5.91 Å². The molecule has 0 saturated carbocycles. The molecule has 1 N–H and O–H groups in total. The quantitative estimate of drug-likeness (QED) is 0.277. The molecule has 4 aromatic rings. The van der Waals surface area contributed by atoms with Crippen LogP contribution in [0.25, 0.3) is 0 Å². The first kappa shape index (κ1) is 24.2. The van der Waals surface area contributed by atoms with Crippen molar-refractivity contribution in [2.24, 2.45) is 0 Å². The lowest BCUT2D eigenvalue weighted by Crippen LogP contribution is -2.16. The van der Waals surface area contributed by atoms with E-state index >= 15 is 0 Å². The van der Waals surface area contributed by atoms with Gasteiger partial charge in [-0.15, -0.1) is 0 Å². The van der Waals surface area contributed by atoms with Gasteiger partial charge in [-0.3, -0.25) is 9.48 Å². The van der Waals surface area contributed by atoms with E-state index in [1.54, 1.807) is 29.9 Å². The first-order chi connectivity index (χ1) is 16.2. The van der Waals surface area contributed by atoms with E-state index in [1.807, 2.05) is 6.07 Å². The number of anilines is 1. The van der Waals surface area contributed by atoms with Crippen LogP contribution >= 0.6 is 39.1 Å². The molecule has 176 valence electrons. The molecule has 2 heterocycles. The van der Waals surface area contributed by atoms with Crippen molar-refractivity contribution in [2.75, 3.05) is 5.32 Å². The highest BCUT2D eigenvalue weighted by atomic mass is 79.9. The molecular weight excluding hydrogens is 557 g/mol. The van der Waals surface area contributed by atoms with Gasteiger partial charge in [0.1, 0.15) is 18.2 Å². The summed E-state index contributed by atoms with van der Waals surface area (Å²) in [6.45, 7) is 1.76. The van der Waals surface area contributed by atoms with Crippen LogP contribution in [0.4, 0.5) is 14.6 Å². The van der Waals surface area contributed by atoms with Gasteiger partial charge in [-0.05, 0) is 52.7 Å². The highest BCUT2D eigenvalue weighted by Crippen LogP contribution is 2.26. The van der Waals surface area contributed by atoms with E-state index in [9.17, 15) is 13.6 Å². The summed E-state index contributed by atoms with van der Waals surface area (Å²) in [6, 6.07) is 8.16. The Morgan fingerprint density at radius 2 is 2.00 bits per heavy atom. The Kier molecular flexibility index (Phi) is 7.20. The van der Waals surface area contributed by atoms with Crippen LogP contribution in [0.1, 0.15) is 27.4 Å². The van der Waals surface area contributed by atoms with Crippen LogP contribution in [0, 0.1) is 18.6 Å². The number of carbonyl (C=O) groups is 1. The number of carbonyl (C=O) groups excluding carboxylic acids is 1. The summed E-state index contributed by atoms with van der Waals surface area (Å²) in [4.78, 5) is 12.9. The molecule has 7 nitrogen and oxygen atoms in total. The lowest BCUT2D eigenvalue weighted by atomic mass is 10.2. The third-order valence-electron chi connectivity index (χ3n) is 4.74. The summed E-state index contributed by atoms with van der Waals surface area (Å²) in [5.41, 5.74) is 1.13. The maximum absolute atomic E-state index is 13.9. The Bertz CT molecular complexity index is 1380. The van der Waals surface area contributed by atoms with Gasteiger partial charge < -0.3 is 14.6 Å². The first-order valence-corrected chi connectivity index (χ1v) is 11.3. The van der Waals surface area contributed by atoms with Gasteiger partial charge in [0.15, 0.2) is 23.1 Å². The number of nitrogens with zero attached hydrogens (tertiary/aromatic N) is 3. The zero-order valence-corrected chi connectivity index (χ0v) is 20.5. The Labute approximate surface area is 210 Å². The Morgan fingerprint density at radius 1 is 1.21 bits per heavy atom. The maximum atomic E-state index is 13.9. The molecule has 0 aliphatic heterocycles. The fourth-order valence-electron chi connectivity index (χ4n) is 3.04. The smallest absolute Gasteiger partial charge is 0.279 e. The minimum absolute atomic E-state index is 0.0500. The molecule has 0 atom stereocenters. The second-order valence-corrected chi connectivity index (χ2v) is 8.82. The Balaban J connectivity index is 1.47. The summed E-state index contributed by atoms with van der Waals surface area (Å²) in [6.07, 6.45) is 1.69. The minimum Gasteiger partial charge on any atom is -0.486 e. The summed E-state index contributed by atoms with van der Waals surface area (Å²) in [7, 11) is 0. The van der Waals surface area contributed by atoms with Crippen LogP contribution < -0.4 is 10.1 Å². The zero-order valence-electron chi connectivity index (χ0n) is 17.4. The van der Waals surface area contributed by atoms with Crippen LogP contribution in [-0.2, 0) is 13.2 Å². The summed E-state index contributed by atoms with van der Waals surface area (Å²) in [5, 5.41) is 11.7. The van der Waals surface area contributed by atoms with Crippen LogP contribution in [0.15, 0.2) is 51.6 Å². The number of hydrogen-bond donors (Lipinski definition) is 1. The van der Waals surface area contributed by atoms with Crippen LogP contribution in [0.3, 0.4) is 0 Å². The molecule has 0 spiro atoms. The van der Waals surface area contributed by atoms with E-state index < -0.39 is 17.5 Å². The van der Waals surface area contributed by atoms with Gasteiger partial charge in [-0.2, -0.15) is 5.10 Å². The largest absolute Gasteiger partial charge is 0.486 e. The van der Waals surface area contributed by atoms with Gasteiger partial charge in [-0.25, -0.2) is 8.78 Å². The van der Waals surface area contributed by atoms with Crippen molar-refractivity contribution in [3.63, 3.8) is 0 Å². The fraction of sp³-hybridized carbons (Fsp3) is 0.136. The minimum atomic E-state index is -0.864. The predicted molar refractivity (Wildman–Crippen MR) is 125 cm³/mol. The maximum Gasteiger partial charge on any atom is 0.279 e. The molecule has 2 aromatic heterocycles. The van der Waals surface area contributed by atoms with Crippen LogP contribution in [0.2, 0.25) is 10.0 Å². The fourth-order valence-corrected chi connectivity index (χ4v) is 3.77. The molecule has 0 unspecified atom stereocenters. The van der Waals surface area contributed by atoms with Gasteiger partial charge in [0, 0.05) is 12.3 Å². The summed E-state index contributed by atoms with van der Waals surface area (Å²) in [5.74, 6) is -1.79. The second kappa shape index (κ2) is 10.1. The average Bonchev–Trinajstić information content (AvgIpc) is 3.32. The number of rotatable bonds is 7. The molecule has 0 aliphatic carbocycles. The number of halogens is 5. The molecule has 4 rings (SSSR count). The molecule has 0 saturated heterocycles. The van der Waals surface area contributed by atoms with E-state index in [0.717, 1.165) is 17.7 Å². The van der Waals surface area contributed by atoms with Crippen molar-refractivity contribution in [3.8, 4) is 5.75 Å². The highest BCUT2D eigenvalue weighted by Gasteiger charge is 2.23. The lowest BCUT2D eigenvalue weighted by Gasteiger charge is -2.08. The number of benzene rings is 2. The number of aryl methyl sites for hydroxylation is 1. The monoisotopic (exact) mass is 570 g/mol. The van der Waals surface area contributed by atoms with Gasteiger partial charge >= 0.3 is 0 Å². The van der Waals surface area contributed by atoms with Crippen molar-refractivity contribution < 1.29 is 22.8 Å². The van der Waals surface area contributed by atoms with Crippen molar-refractivity contribution in [1.82, 2.24) is 14.9 Å². The third-order valence-corrected chi connectivity index (χ3v) is 6.06. The summed E-state index contributed by atoms with van der Waals surface area (Å²) >= 11 is 15.4. The number of amides is 1. The third kappa shape index (κ3) is 5.40. The molecule has 2 aromatic carbocycles. The average molecular weight is 572 g/mol. The van der Waals surface area contributed by atoms with Gasteiger partial charge in [0.05, 0.1) is 26.6 Å². The lowest BCUT2D eigenvalue weighted by molar-refractivity contribution is 0.101. The molecule has 34 heavy (non-hydrogen) atoms. The Morgan fingerprint density at radius 3 is 2.74 bits per heavy atom. The predicted octanol–water partition coefficient (Wildman–Crippen LogP) is 6.41. The number of nitrogens with one attached hydrogen (secondary N) is 1. The molecule has 0 aliphatic rings. The van der Waals surface area contributed by atoms with Crippen LogP contribution in [-0.4, -0.2) is 20.8 Å². The normalized spacial score (nSPS) is 11.0. The number of ether oxygens (including phenoxy) is 1. The van der Waals surface area contributed by atoms with E-state index in [4.69, 9.17) is 32.5 Å². The summed E-state index contributed by atoms with van der Waals surface area (Å²) < 4.78 is 39.6. The van der Waals surface area contributed by atoms with Crippen molar-refractivity contribution in [2.45, 2.75) is 20.1 Å². The molecular formula is C22H15BrCl2F2N4O3. The molecule has 0 bridgehead atoms. The topological polar surface area (TPSA) is 82.2 Å². The molecule has 1 amide bonds. The van der Waals surface area contributed by atoms with Gasteiger partial charge in [0.2, 0.25) is 0 Å².